The van der Waals surface area contributed by atoms with Gasteiger partial charge in [0, 0.05) is 24.5 Å². The number of piperidine rings is 1. The van der Waals surface area contributed by atoms with Crippen molar-refractivity contribution < 1.29 is 14.4 Å². The van der Waals surface area contributed by atoms with E-state index in [9.17, 15) is 14.4 Å². The number of amides is 4. The lowest BCUT2D eigenvalue weighted by Crippen LogP contribution is -2.45. The van der Waals surface area contributed by atoms with Crippen LogP contribution in [-0.2, 0) is 15.1 Å². The van der Waals surface area contributed by atoms with E-state index < -0.39 is 23.4 Å². The van der Waals surface area contributed by atoms with Crippen molar-refractivity contribution >= 4 is 29.2 Å². The third-order valence-electron chi connectivity index (χ3n) is 7.43. The molecule has 3 aromatic rings. The predicted octanol–water partition coefficient (Wildman–Crippen LogP) is 4.73. The van der Waals surface area contributed by atoms with Crippen molar-refractivity contribution in [3.63, 3.8) is 0 Å². The van der Waals surface area contributed by atoms with Crippen molar-refractivity contribution in [2.24, 2.45) is 0 Å². The molecule has 3 aromatic carbocycles. The van der Waals surface area contributed by atoms with Crippen molar-refractivity contribution in [2.75, 3.05) is 29.9 Å². The Labute approximate surface area is 217 Å². The number of nitrogens with zero attached hydrogens (tertiary/aromatic N) is 2. The van der Waals surface area contributed by atoms with Gasteiger partial charge in [0.2, 0.25) is 5.91 Å². The van der Waals surface area contributed by atoms with Gasteiger partial charge < -0.3 is 15.5 Å². The number of hydrogen-bond acceptors (Lipinski definition) is 4. The van der Waals surface area contributed by atoms with Gasteiger partial charge in [0.1, 0.15) is 6.54 Å². The number of imide groups is 1. The summed E-state index contributed by atoms with van der Waals surface area (Å²) in [4.78, 5) is 43.3. The quantitative estimate of drug-likeness (QED) is 0.484. The minimum atomic E-state index is -1.40. The maximum atomic E-state index is 13.9. The molecule has 2 aliphatic rings. The molecule has 2 N–H and O–H groups in total. The normalized spacial score (nSPS) is 19.6. The van der Waals surface area contributed by atoms with Gasteiger partial charge in [-0.1, -0.05) is 48.5 Å². The van der Waals surface area contributed by atoms with Crippen molar-refractivity contribution in [2.45, 2.75) is 38.6 Å². The topological polar surface area (TPSA) is 81.8 Å². The number of urea groups is 1. The molecule has 190 valence electrons. The van der Waals surface area contributed by atoms with E-state index in [-0.39, 0.29) is 6.54 Å². The Balaban J connectivity index is 1.36. The van der Waals surface area contributed by atoms with Gasteiger partial charge in [0.15, 0.2) is 5.54 Å². The van der Waals surface area contributed by atoms with Crippen LogP contribution in [0.5, 0.6) is 0 Å². The summed E-state index contributed by atoms with van der Waals surface area (Å²) in [7, 11) is 0. The van der Waals surface area contributed by atoms with E-state index in [2.05, 4.69) is 15.5 Å². The van der Waals surface area contributed by atoms with Crippen LogP contribution in [0, 0.1) is 13.8 Å². The molecule has 37 heavy (non-hydrogen) atoms. The number of benzene rings is 3. The second-order valence-electron chi connectivity index (χ2n) is 9.88. The number of rotatable bonds is 6. The molecule has 2 fully saturated rings. The van der Waals surface area contributed by atoms with Crippen LogP contribution >= 0.6 is 0 Å². The second-order valence-corrected chi connectivity index (χ2v) is 9.88. The summed E-state index contributed by atoms with van der Waals surface area (Å²) in [5.74, 6) is -0.902. The second kappa shape index (κ2) is 10.1. The fourth-order valence-corrected chi connectivity index (χ4v) is 5.19. The van der Waals surface area contributed by atoms with Crippen LogP contribution in [0.25, 0.3) is 0 Å². The van der Waals surface area contributed by atoms with E-state index in [1.165, 1.54) is 19.3 Å². The van der Waals surface area contributed by atoms with Gasteiger partial charge in [0.25, 0.3) is 5.91 Å². The summed E-state index contributed by atoms with van der Waals surface area (Å²) >= 11 is 0. The van der Waals surface area contributed by atoms with Crippen LogP contribution in [0.4, 0.5) is 16.2 Å². The SMILES string of the molecule is Cc1ccc(C2(c3ccccc3)NC(=O)N(CC(=O)Nc3ccc(N4CCCCC4)cc3)C2=O)cc1C. The molecule has 2 aliphatic heterocycles. The van der Waals surface area contributed by atoms with Gasteiger partial charge in [0.05, 0.1) is 0 Å². The molecular weight excluding hydrogens is 464 g/mol. The average molecular weight is 497 g/mol. The van der Waals surface area contributed by atoms with Crippen molar-refractivity contribution in [3.05, 3.63) is 95.1 Å². The fraction of sp³-hybridized carbons (Fsp3) is 0.300. The summed E-state index contributed by atoms with van der Waals surface area (Å²) in [5.41, 5.74) is 3.77. The van der Waals surface area contributed by atoms with E-state index in [4.69, 9.17) is 0 Å². The molecule has 1 unspecified atom stereocenters. The molecular formula is C30H32N4O3. The zero-order chi connectivity index (χ0) is 26.0. The van der Waals surface area contributed by atoms with Gasteiger partial charge >= 0.3 is 6.03 Å². The molecule has 4 amide bonds. The smallest absolute Gasteiger partial charge is 0.326 e. The average Bonchev–Trinajstić information content (AvgIpc) is 3.17. The molecule has 0 saturated carbocycles. The molecule has 2 heterocycles. The molecule has 2 saturated heterocycles. The molecule has 1 atom stereocenters. The fourth-order valence-electron chi connectivity index (χ4n) is 5.19. The summed E-state index contributed by atoms with van der Waals surface area (Å²) in [6.45, 7) is 5.68. The first-order valence-electron chi connectivity index (χ1n) is 12.8. The van der Waals surface area contributed by atoms with E-state index in [0.29, 0.717) is 16.8 Å². The zero-order valence-corrected chi connectivity index (χ0v) is 21.3. The first kappa shape index (κ1) is 24.6. The highest BCUT2D eigenvalue weighted by atomic mass is 16.2. The Kier molecular flexibility index (Phi) is 6.70. The Morgan fingerprint density at radius 1 is 0.865 bits per heavy atom. The molecule has 7 heteroatoms. The minimum absolute atomic E-state index is 0.377. The number of carbonyl (C=O) groups is 3. The minimum Gasteiger partial charge on any atom is -0.372 e. The van der Waals surface area contributed by atoms with E-state index in [0.717, 1.165) is 34.8 Å². The summed E-state index contributed by atoms with van der Waals surface area (Å²) in [6, 6.07) is 22.0. The van der Waals surface area contributed by atoms with Gasteiger partial charge in [-0.2, -0.15) is 0 Å². The maximum Gasteiger partial charge on any atom is 0.326 e. The highest BCUT2D eigenvalue weighted by Crippen LogP contribution is 2.37. The molecule has 0 spiro atoms. The third kappa shape index (κ3) is 4.69. The van der Waals surface area contributed by atoms with Gasteiger partial charge in [-0.25, -0.2) is 4.79 Å². The molecule has 0 bridgehead atoms. The van der Waals surface area contributed by atoms with Gasteiger partial charge in [-0.3, -0.25) is 14.5 Å². The van der Waals surface area contributed by atoms with Crippen LogP contribution in [-0.4, -0.2) is 42.4 Å². The van der Waals surface area contributed by atoms with Gasteiger partial charge in [-0.05, 0) is 79.6 Å². The molecule has 0 aliphatic carbocycles. The Morgan fingerprint density at radius 3 is 2.24 bits per heavy atom. The standard InChI is InChI=1S/C30H32N4O3/c1-21-11-12-24(19-22(21)2)30(23-9-5-3-6-10-23)28(36)34(29(37)32-30)20-27(35)31-25-13-15-26(16-14-25)33-17-7-4-8-18-33/h3,5-6,9-16,19H,4,7-8,17-18,20H2,1-2H3,(H,31,35)(H,32,37). The maximum absolute atomic E-state index is 13.9. The number of aryl methyl sites for hydroxylation is 2. The van der Waals surface area contributed by atoms with E-state index in [1.54, 1.807) is 0 Å². The number of hydrogen-bond donors (Lipinski definition) is 2. The predicted molar refractivity (Wildman–Crippen MR) is 145 cm³/mol. The van der Waals surface area contributed by atoms with Crippen LogP contribution in [0.1, 0.15) is 41.5 Å². The number of nitrogens with one attached hydrogen (secondary N) is 2. The van der Waals surface area contributed by atoms with Crippen LogP contribution in [0.15, 0.2) is 72.8 Å². The lowest BCUT2D eigenvalue weighted by atomic mass is 9.81. The van der Waals surface area contributed by atoms with Crippen molar-refractivity contribution in [1.29, 1.82) is 0 Å². The van der Waals surface area contributed by atoms with Crippen LogP contribution in [0.3, 0.4) is 0 Å². The van der Waals surface area contributed by atoms with Gasteiger partial charge in [-0.15, -0.1) is 0 Å². The van der Waals surface area contributed by atoms with Crippen LogP contribution in [0.2, 0.25) is 0 Å². The lowest BCUT2D eigenvalue weighted by Gasteiger charge is -2.29. The Morgan fingerprint density at radius 2 is 1.57 bits per heavy atom. The zero-order valence-electron chi connectivity index (χ0n) is 21.3. The highest BCUT2D eigenvalue weighted by molar-refractivity contribution is 6.12. The summed E-state index contributed by atoms with van der Waals surface area (Å²) in [6.07, 6.45) is 3.65. The van der Waals surface area contributed by atoms with Crippen LogP contribution < -0.4 is 15.5 Å². The largest absolute Gasteiger partial charge is 0.372 e. The first-order chi connectivity index (χ1) is 17.9. The van der Waals surface area contributed by atoms with E-state index >= 15 is 0 Å². The summed E-state index contributed by atoms with van der Waals surface area (Å²) in [5, 5.41) is 5.74. The Bertz CT molecular complexity index is 1320. The highest BCUT2D eigenvalue weighted by Gasteiger charge is 2.54. The summed E-state index contributed by atoms with van der Waals surface area (Å²) < 4.78 is 0. The molecule has 7 nitrogen and oxygen atoms in total. The van der Waals surface area contributed by atoms with E-state index in [1.807, 2.05) is 86.6 Å². The number of anilines is 2. The number of carbonyl (C=O) groups excluding carboxylic acids is 3. The third-order valence-corrected chi connectivity index (χ3v) is 7.43. The molecule has 0 aromatic heterocycles. The lowest BCUT2D eigenvalue weighted by molar-refractivity contribution is -0.133. The van der Waals surface area contributed by atoms with Crippen molar-refractivity contribution in [3.8, 4) is 0 Å². The monoisotopic (exact) mass is 496 g/mol. The Hall–Kier alpha value is -4.13. The first-order valence-corrected chi connectivity index (χ1v) is 12.8. The molecule has 5 rings (SSSR count). The van der Waals surface area contributed by atoms with Crippen molar-refractivity contribution in [1.82, 2.24) is 10.2 Å². The molecule has 0 radical (unpaired) electrons.